The van der Waals surface area contributed by atoms with Crippen LogP contribution in [0.5, 0.6) is 0 Å². The minimum Gasteiger partial charge on any atom is -0.368 e. The van der Waals surface area contributed by atoms with E-state index in [-0.39, 0.29) is 5.92 Å². The number of fused-ring (bicyclic) bond motifs is 1. The Balaban J connectivity index is 2.17. The zero-order chi connectivity index (χ0) is 12.0. The number of ether oxygens (including phenoxy) is 1. The number of nitrogens with zero attached hydrogens (tertiary/aromatic N) is 1. The molecule has 88 valence electrons. The first-order chi connectivity index (χ1) is 7.43. The highest BCUT2D eigenvalue weighted by Gasteiger charge is 2.63. The number of likely N-dealkylation sites (tertiary alicyclic amines) is 1. The number of hydrogen-bond acceptors (Lipinski definition) is 4. The summed E-state index contributed by atoms with van der Waals surface area (Å²) in [5.74, 6) is -1.33. The SMILES string of the molecule is CC(C)C[C@@H](C(N)=O)N1C(=O)[C@H]2O[C@@H]2C1=O. The van der Waals surface area contributed by atoms with Crippen LogP contribution in [0.25, 0.3) is 0 Å². The Kier molecular flexibility index (Phi) is 2.46. The van der Waals surface area contributed by atoms with Crippen LogP contribution >= 0.6 is 0 Å². The Bertz CT molecular complexity index is 346. The Morgan fingerprint density at radius 1 is 1.38 bits per heavy atom. The number of nitrogens with two attached hydrogens (primary N) is 1. The van der Waals surface area contributed by atoms with E-state index in [9.17, 15) is 14.4 Å². The summed E-state index contributed by atoms with van der Waals surface area (Å²) in [6.45, 7) is 3.80. The fourth-order valence-electron chi connectivity index (χ4n) is 1.97. The maximum absolute atomic E-state index is 11.7. The summed E-state index contributed by atoms with van der Waals surface area (Å²) in [6, 6.07) is -0.837. The first-order valence-electron chi connectivity index (χ1n) is 5.25. The summed E-state index contributed by atoms with van der Waals surface area (Å²) >= 11 is 0. The quantitative estimate of drug-likeness (QED) is 0.492. The monoisotopic (exact) mass is 226 g/mol. The second-order valence-electron chi connectivity index (χ2n) is 4.57. The Labute approximate surface area is 92.7 Å². The predicted octanol–water partition coefficient (Wildman–Crippen LogP) is -0.977. The Morgan fingerprint density at radius 2 is 1.88 bits per heavy atom. The van der Waals surface area contributed by atoms with Crippen LogP contribution < -0.4 is 5.73 Å². The number of carbonyl (C=O) groups excluding carboxylic acids is 3. The van der Waals surface area contributed by atoms with Crippen molar-refractivity contribution in [2.45, 2.75) is 38.5 Å². The number of morpholine rings is 1. The standard InChI is InChI=1S/C10H14N2O4/c1-4(2)3-5(8(11)13)12-9(14)6-7(16-6)10(12)15/h4-7H,3H2,1-2H3,(H2,11,13)/t5-,6-,7-/m0/s1. The third-order valence-electron chi connectivity index (χ3n) is 2.79. The molecule has 0 radical (unpaired) electrons. The number of rotatable bonds is 4. The van der Waals surface area contributed by atoms with E-state index in [0.29, 0.717) is 6.42 Å². The van der Waals surface area contributed by atoms with Gasteiger partial charge in [-0.25, -0.2) is 0 Å². The molecule has 6 nitrogen and oxygen atoms in total. The van der Waals surface area contributed by atoms with Crippen LogP contribution in [0.15, 0.2) is 0 Å². The van der Waals surface area contributed by atoms with E-state index < -0.39 is 36.0 Å². The molecule has 0 spiro atoms. The molecule has 0 aromatic heterocycles. The van der Waals surface area contributed by atoms with Gasteiger partial charge in [-0.3, -0.25) is 19.3 Å². The average Bonchev–Trinajstić information content (AvgIpc) is 2.90. The topological polar surface area (TPSA) is 93.0 Å². The van der Waals surface area contributed by atoms with Crippen LogP contribution in [0.2, 0.25) is 0 Å². The molecule has 2 fully saturated rings. The van der Waals surface area contributed by atoms with Crippen LogP contribution in [0.1, 0.15) is 20.3 Å². The lowest BCUT2D eigenvalue weighted by Crippen LogP contribution is -2.50. The zero-order valence-corrected chi connectivity index (χ0v) is 9.17. The summed E-state index contributed by atoms with van der Waals surface area (Å²) in [5.41, 5.74) is 5.22. The van der Waals surface area contributed by atoms with Gasteiger partial charge in [-0.1, -0.05) is 13.8 Å². The van der Waals surface area contributed by atoms with Crippen LogP contribution in [0.4, 0.5) is 0 Å². The van der Waals surface area contributed by atoms with Gasteiger partial charge in [0.15, 0.2) is 12.2 Å². The second-order valence-corrected chi connectivity index (χ2v) is 4.57. The molecule has 2 saturated heterocycles. The Hall–Kier alpha value is -1.43. The van der Waals surface area contributed by atoms with E-state index in [1.54, 1.807) is 0 Å². The van der Waals surface area contributed by atoms with Gasteiger partial charge in [-0.15, -0.1) is 0 Å². The van der Waals surface area contributed by atoms with Crippen molar-refractivity contribution in [3.05, 3.63) is 0 Å². The predicted molar refractivity (Wildman–Crippen MR) is 53.0 cm³/mol. The number of amides is 3. The first kappa shape index (κ1) is 11.1. The van der Waals surface area contributed by atoms with Crippen molar-refractivity contribution in [1.29, 1.82) is 0 Å². The number of imide groups is 1. The highest BCUT2D eigenvalue weighted by atomic mass is 16.6. The zero-order valence-electron chi connectivity index (χ0n) is 9.17. The van der Waals surface area contributed by atoms with Gasteiger partial charge in [0.05, 0.1) is 0 Å². The normalized spacial score (nSPS) is 29.6. The van der Waals surface area contributed by atoms with E-state index in [4.69, 9.17) is 10.5 Å². The van der Waals surface area contributed by atoms with Crippen molar-refractivity contribution in [2.24, 2.45) is 11.7 Å². The van der Waals surface area contributed by atoms with Gasteiger partial charge >= 0.3 is 0 Å². The summed E-state index contributed by atoms with van der Waals surface area (Å²) in [6.07, 6.45) is -0.935. The molecule has 0 aromatic carbocycles. The molecule has 3 amide bonds. The molecule has 2 heterocycles. The van der Waals surface area contributed by atoms with Crippen molar-refractivity contribution in [3.63, 3.8) is 0 Å². The van der Waals surface area contributed by atoms with Crippen LogP contribution in [0, 0.1) is 5.92 Å². The highest BCUT2D eigenvalue weighted by molar-refractivity contribution is 6.13. The average molecular weight is 226 g/mol. The third kappa shape index (κ3) is 1.59. The minimum absolute atomic E-state index is 0.177. The fraction of sp³-hybridized carbons (Fsp3) is 0.700. The molecule has 0 saturated carbocycles. The summed E-state index contributed by atoms with van der Waals surface area (Å²) in [5, 5.41) is 0. The fourth-order valence-corrected chi connectivity index (χ4v) is 1.97. The highest BCUT2D eigenvalue weighted by Crippen LogP contribution is 2.35. The molecule has 2 rings (SSSR count). The van der Waals surface area contributed by atoms with E-state index in [0.717, 1.165) is 4.90 Å². The summed E-state index contributed by atoms with van der Waals surface area (Å²) in [7, 11) is 0. The maximum atomic E-state index is 11.7. The van der Waals surface area contributed by atoms with Gasteiger partial charge in [0.25, 0.3) is 11.8 Å². The van der Waals surface area contributed by atoms with Crippen LogP contribution in [-0.4, -0.2) is 40.9 Å². The van der Waals surface area contributed by atoms with E-state index >= 15 is 0 Å². The molecular weight excluding hydrogens is 212 g/mol. The second kappa shape index (κ2) is 3.55. The van der Waals surface area contributed by atoms with Gasteiger partial charge in [0.1, 0.15) is 6.04 Å². The molecular formula is C10H14N2O4. The molecule has 2 aliphatic rings. The van der Waals surface area contributed by atoms with Crippen molar-refractivity contribution < 1.29 is 19.1 Å². The minimum atomic E-state index is -0.837. The van der Waals surface area contributed by atoms with Gasteiger partial charge in [-0.05, 0) is 12.3 Å². The molecule has 3 atom stereocenters. The molecule has 0 unspecified atom stereocenters. The first-order valence-corrected chi connectivity index (χ1v) is 5.25. The Morgan fingerprint density at radius 3 is 2.25 bits per heavy atom. The number of epoxide rings is 1. The lowest BCUT2D eigenvalue weighted by molar-refractivity contribution is -0.151. The van der Waals surface area contributed by atoms with Gasteiger partial charge in [0.2, 0.25) is 5.91 Å². The molecule has 0 aliphatic carbocycles. The molecule has 2 N–H and O–H groups in total. The molecule has 0 aromatic rings. The van der Waals surface area contributed by atoms with Gasteiger partial charge in [-0.2, -0.15) is 0 Å². The lowest BCUT2D eigenvalue weighted by atomic mass is 10.0. The molecule has 6 heteroatoms. The van der Waals surface area contributed by atoms with Crippen molar-refractivity contribution in [3.8, 4) is 0 Å². The van der Waals surface area contributed by atoms with Gasteiger partial charge in [0, 0.05) is 0 Å². The van der Waals surface area contributed by atoms with Crippen LogP contribution in [0.3, 0.4) is 0 Å². The maximum Gasteiger partial charge on any atom is 0.262 e. The van der Waals surface area contributed by atoms with E-state index in [1.165, 1.54) is 0 Å². The molecule has 0 bridgehead atoms. The van der Waals surface area contributed by atoms with Crippen molar-refractivity contribution in [2.75, 3.05) is 0 Å². The summed E-state index contributed by atoms with van der Waals surface area (Å²) < 4.78 is 4.85. The smallest absolute Gasteiger partial charge is 0.262 e. The van der Waals surface area contributed by atoms with E-state index in [1.807, 2.05) is 13.8 Å². The number of hydrogen-bond donors (Lipinski definition) is 1. The number of primary amides is 1. The molecule has 16 heavy (non-hydrogen) atoms. The van der Waals surface area contributed by atoms with Crippen LogP contribution in [-0.2, 0) is 19.1 Å². The van der Waals surface area contributed by atoms with Gasteiger partial charge < -0.3 is 10.5 Å². The number of carbonyl (C=O) groups is 3. The lowest BCUT2D eigenvalue weighted by Gasteiger charge is -2.25. The van der Waals surface area contributed by atoms with Crippen molar-refractivity contribution in [1.82, 2.24) is 4.90 Å². The van der Waals surface area contributed by atoms with Crippen molar-refractivity contribution >= 4 is 17.7 Å². The molecule has 2 aliphatic heterocycles. The summed E-state index contributed by atoms with van der Waals surface area (Å²) in [4.78, 5) is 35.6. The largest absolute Gasteiger partial charge is 0.368 e. The van der Waals surface area contributed by atoms with E-state index in [2.05, 4.69) is 0 Å². The third-order valence-corrected chi connectivity index (χ3v) is 2.79.